The number of benzene rings is 1. The minimum Gasteiger partial charge on any atom is -0.503 e. The van der Waals surface area contributed by atoms with Crippen molar-refractivity contribution in [2.45, 2.75) is 13.5 Å². The zero-order valence-electron chi connectivity index (χ0n) is 14.2. The monoisotopic (exact) mass is 399 g/mol. The lowest BCUT2D eigenvalue weighted by molar-refractivity contribution is 0.472. The average molecular weight is 400 g/mol. The van der Waals surface area contributed by atoms with Crippen molar-refractivity contribution in [1.82, 2.24) is 14.0 Å². The number of thiazole rings is 1. The van der Waals surface area contributed by atoms with E-state index in [0.717, 1.165) is 11.3 Å². The summed E-state index contributed by atoms with van der Waals surface area (Å²) < 4.78 is 2.88. The van der Waals surface area contributed by atoms with E-state index in [9.17, 15) is 14.7 Å². The van der Waals surface area contributed by atoms with Crippen LogP contribution in [-0.2, 0) is 6.54 Å². The zero-order valence-corrected chi connectivity index (χ0v) is 15.8. The molecule has 4 rings (SSSR count). The Morgan fingerprint density at radius 3 is 2.78 bits per heavy atom. The molecule has 1 aromatic carbocycles. The van der Waals surface area contributed by atoms with Crippen molar-refractivity contribution in [3.63, 3.8) is 0 Å². The van der Waals surface area contributed by atoms with Crippen LogP contribution in [0.3, 0.4) is 0 Å². The van der Waals surface area contributed by atoms with Crippen molar-refractivity contribution >= 4 is 28.5 Å². The first kappa shape index (κ1) is 17.5. The van der Waals surface area contributed by atoms with Crippen molar-refractivity contribution in [3.05, 3.63) is 85.1 Å². The Balaban J connectivity index is 1.87. The quantitative estimate of drug-likeness (QED) is 0.573. The third-order valence-corrected chi connectivity index (χ3v) is 5.40. The number of hydrogen-bond acceptors (Lipinski definition) is 5. The Bertz CT molecular complexity index is 1290. The molecule has 0 aliphatic heterocycles. The van der Waals surface area contributed by atoms with E-state index in [2.05, 4.69) is 4.98 Å². The van der Waals surface area contributed by atoms with E-state index in [1.807, 2.05) is 18.4 Å². The van der Waals surface area contributed by atoms with E-state index in [4.69, 9.17) is 11.6 Å². The Hall–Kier alpha value is -2.90. The van der Waals surface area contributed by atoms with Crippen LogP contribution in [0, 0.1) is 6.92 Å². The molecule has 3 aromatic heterocycles. The lowest BCUT2D eigenvalue weighted by Gasteiger charge is -2.10. The number of rotatable bonds is 3. The summed E-state index contributed by atoms with van der Waals surface area (Å²) in [5.74, 6) is -0.578. The van der Waals surface area contributed by atoms with Gasteiger partial charge < -0.3 is 14.1 Å². The molecule has 1 N–H and O–H groups in total. The van der Waals surface area contributed by atoms with Crippen LogP contribution in [0.2, 0.25) is 5.02 Å². The minimum atomic E-state index is -0.609. The third kappa shape index (κ3) is 3.15. The number of aryl methyl sites for hydroxylation is 1. The molecule has 0 bridgehead atoms. The topological polar surface area (TPSA) is 76.6 Å². The maximum atomic E-state index is 12.8. The number of aromatic hydroxyl groups is 1. The van der Waals surface area contributed by atoms with E-state index in [1.54, 1.807) is 30.6 Å². The zero-order chi connectivity index (χ0) is 19.1. The molecule has 27 heavy (non-hydrogen) atoms. The SMILES string of the molecule is Cc1csc(-c2cn3ccn(Cc4cccc(Cl)c4)c(=O)c3c(O)c2=O)n1. The Labute approximate surface area is 162 Å². The number of aromatic nitrogens is 3. The first-order chi connectivity index (χ1) is 12.9. The molecule has 0 amide bonds. The second-order valence-corrected chi connectivity index (χ2v) is 7.43. The highest BCUT2D eigenvalue weighted by molar-refractivity contribution is 7.13. The molecule has 0 aliphatic carbocycles. The molecule has 8 heteroatoms. The second-order valence-electron chi connectivity index (χ2n) is 6.13. The highest BCUT2D eigenvalue weighted by atomic mass is 35.5. The molecule has 6 nitrogen and oxygen atoms in total. The molecule has 0 saturated heterocycles. The van der Waals surface area contributed by atoms with Crippen LogP contribution in [0.1, 0.15) is 11.3 Å². The summed E-state index contributed by atoms with van der Waals surface area (Å²) in [4.78, 5) is 29.7. The summed E-state index contributed by atoms with van der Waals surface area (Å²) in [6.07, 6.45) is 4.77. The van der Waals surface area contributed by atoms with Crippen molar-refractivity contribution in [2.75, 3.05) is 0 Å². The summed E-state index contributed by atoms with van der Waals surface area (Å²) in [5, 5.41) is 13.3. The summed E-state index contributed by atoms with van der Waals surface area (Å²) in [7, 11) is 0. The Morgan fingerprint density at radius 2 is 2.07 bits per heavy atom. The normalized spacial score (nSPS) is 11.2. The van der Waals surface area contributed by atoms with Crippen LogP contribution in [-0.4, -0.2) is 19.1 Å². The first-order valence-electron chi connectivity index (χ1n) is 8.08. The first-order valence-corrected chi connectivity index (χ1v) is 9.34. The van der Waals surface area contributed by atoms with Gasteiger partial charge in [0.05, 0.1) is 12.1 Å². The number of halogens is 1. The van der Waals surface area contributed by atoms with Gasteiger partial charge in [0.1, 0.15) is 5.01 Å². The molecule has 0 aliphatic rings. The highest BCUT2D eigenvalue weighted by Gasteiger charge is 2.17. The molecule has 3 heterocycles. The fraction of sp³-hybridized carbons (Fsp3) is 0.105. The molecule has 136 valence electrons. The van der Waals surface area contributed by atoms with Gasteiger partial charge >= 0.3 is 0 Å². The van der Waals surface area contributed by atoms with Gasteiger partial charge in [-0.05, 0) is 24.6 Å². The maximum Gasteiger partial charge on any atom is 0.279 e. The van der Waals surface area contributed by atoms with Gasteiger partial charge in [-0.1, -0.05) is 23.7 Å². The van der Waals surface area contributed by atoms with E-state index in [0.29, 0.717) is 10.0 Å². The molecule has 0 radical (unpaired) electrons. The van der Waals surface area contributed by atoms with Gasteiger partial charge in [-0.3, -0.25) is 9.59 Å². The van der Waals surface area contributed by atoms with Gasteiger partial charge in [0.15, 0.2) is 11.3 Å². The lowest BCUT2D eigenvalue weighted by Crippen LogP contribution is -2.24. The smallest absolute Gasteiger partial charge is 0.279 e. The van der Waals surface area contributed by atoms with Gasteiger partial charge in [-0.2, -0.15) is 0 Å². The largest absolute Gasteiger partial charge is 0.503 e. The Kier molecular flexibility index (Phi) is 4.33. The summed E-state index contributed by atoms with van der Waals surface area (Å²) in [5.41, 5.74) is 0.745. The lowest BCUT2D eigenvalue weighted by atomic mass is 10.2. The van der Waals surface area contributed by atoms with Gasteiger partial charge in [-0.15, -0.1) is 11.3 Å². The standard InChI is InChI=1S/C19H14ClN3O3S/c1-11-10-27-18(21-11)14-9-22-5-6-23(8-12-3-2-4-13(20)7-12)19(26)15(22)17(25)16(14)24/h2-7,9-10,25H,8H2,1H3. The van der Waals surface area contributed by atoms with Crippen LogP contribution in [0.4, 0.5) is 0 Å². The average Bonchev–Trinajstić information content (AvgIpc) is 3.06. The fourth-order valence-corrected chi connectivity index (χ4v) is 3.91. The predicted octanol–water partition coefficient (Wildman–Crippen LogP) is 3.30. The van der Waals surface area contributed by atoms with Gasteiger partial charge in [0.25, 0.3) is 5.56 Å². The number of pyridine rings is 1. The fourth-order valence-electron chi connectivity index (χ4n) is 2.89. The van der Waals surface area contributed by atoms with E-state index < -0.39 is 16.7 Å². The molecule has 0 unspecified atom stereocenters. The van der Waals surface area contributed by atoms with Gasteiger partial charge in [0, 0.05) is 34.7 Å². The van der Waals surface area contributed by atoms with Crippen LogP contribution >= 0.6 is 22.9 Å². The third-order valence-electron chi connectivity index (χ3n) is 4.17. The molecule has 0 saturated carbocycles. The molecule has 0 spiro atoms. The van der Waals surface area contributed by atoms with Crippen molar-refractivity contribution in [3.8, 4) is 16.3 Å². The van der Waals surface area contributed by atoms with Gasteiger partial charge in [-0.25, -0.2) is 4.98 Å². The Morgan fingerprint density at radius 1 is 1.26 bits per heavy atom. The summed E-state index contributed by atoms with van der Waals surface area (Å²) in [6, 6.07) is 7.16. The van der Waals surface area contributed by atoms with E-state index in [1.165, 1.54) is 26.5 Å². The van der Waals surface area contributed by atoms with Crippen LogP contribution in [0.15, 0.2) is 57.8 Å². The van der Waals surface area contributed by atoms with E-state index in [-0.39, 0.29) is 17.6 Å². The molecule has 0 fully saturated rings. The summed E-state index contributed by atoms with van der Waals surface area (Å²) >= 11 is 7.30. The molecular weight excluding hydrogens is 386 g/mol. The van der Waals surface area contributed by atoms with Crippen molar-refractivity contribution < 1.29 is 5.11 Å². The van der Waals surface area contributed by atoms with Crippen LogP contribution in [0.5, 0.6) is 5.75 Å². The number of hydrogen-bond donors (Lipinski definition) is 1. The predicted molar refractivity (Wildman–Crippen MR) is 106 cm³/mol. The number of fused-ring (bicyclic) bond motifs is 1. The minimum absolute atomic E-state index is 0.0680. The van der Waals surface area contributed by atoms with Crippen LogP contribution < -0.4 is 11.0 Å². The number of nitrogens with zero attached hydrogens (tertiary/aromatic N) is 3. The summed E-state index contributed by atoms with van der Waals surface area (Å²) in [6.45, 7) is 2.10. The highest BCUT2D eigenvalue weighted by Crippen LogP contribution is 2.23. The molecule has 0 atom stereocenters. The van der Waals surface area contributed by atoms with Crippen LogP contribution in [0.25, 0.3) is 16.1 Å². The van der Waals surface area contributed by atoms with Crippen molar-refractivity contribution in [2.24, 2.45) is 0 Å². The van der Waals surface area contributed by atoms with Crippen molar-refractivity contribution in [1.29, 1.82) is 0 Å². The molecule has 4 aromatic rings. The maximum absolute atomic E-state index is 12.8. The van der Waals surface area contributed by atoms with E-state index >= 15 is 0 Å². The second kappa shape index (κ2) is 6.68. The van der Waals surface area contributed by atoms with Gasteiger partial charge in [0.2, 0.25) is 5.43 Å². The molecular formula is C19H14ClN3O3S.